The van der Waals surface area contributed by atoms with Crippen LogP contribution in [0, 0.1) is 6.92 Å². The van der Waals surface area contributed by atoms with E-state index in [1.165, 1.54) is 12.1 Å². The molecule has 2 rings (SSSR count). The molecule has 0 fully saturated rings. The maximum Gasteiger partial charge on any atom is 0.371 e. The summed E-state index contributed by atoms with van der Waals surface area (Å²) >= 11 is 0. The molecule has 0 aliphatic carbocycles. The summed E-state index contributed by atoms with van der Waals surface area (Å²) in [6.45, 7) is 1.87. The Bertz CT molecular complexity index is 542. The van der Waals surface area contributed by atoms with E-state index in [9.17, 15) is 9.90 Å². The van der Waals surface area contributed by atoms with Crippen molar-refractivity contribution >= 4 is 5.97 Å². The van der Waals surface area contributed by atoms with E-state index in [2.05, 4.69) is 0 Å². The van der Waals surface area contributed by atoms with E-state index in [1.807, 2.05) is 25.1 Å². The number of benzene rings is 1. The van der Waals surface area contributed by atoms with Crippen LogP contribution >= 0.6 is 0 Å². The van der Waals surface area contributed by atoms with Gasteiger partial charge in [-0.15, -0.1) is 0 Å². The molecule has 2 aromatic rings. The highest BCUT2D eigenvalue weighted by Crippen LogP contribution is 2.26. The fourth-order valence-electron chi connectivity index (χ4n) is 1.66. The third kappa shape index (κ3) is 2.21. The SMILES string of the molecule is Cc1ccccc1C(O)c1ccc(C(=O)O)o1. The van der Waals surface area contributed by atoms with Gasteiger partial charge < -0.3 is 14.6 Å². The molecule has 1 aromatic heterocycles. The van der Waals surface area contributed by atoms with Crippen molar-refractivity contribution in [3.63, 3.8) is 0 Å². The van der Waals surface area contributed by atoms with Crippen molar-refractivity contribution in [2.45, 2.75) is 13.0 Å². The highest BCUT2D eigenvalue weighted by molar-refractivity contribution is 5.84. The number of aliphatic hydroxyl groups excluding tert-OH is 1. The quantitative estimate of drug-likeness (QED) is 0.852. The second kappa shape index (κ2) is 4.43. The lowest BCUT2D eigenvalue weighted by Crippen LogP contribution is -2.00. The number of hydrogen-bond acceptors (Lipinski definition) is 3. The predicted octanol–water partition coefficient (Wildman–Crippen LogP) is 2.37. The number of rotatable bonds is 3. The van der Waals surface area contributed by atoms with Gasteiger partial charge in [-0.25, -0.2) is 4.79 Å². The molecule has 4 nitrogen and oxygen atoms in total. The zero-order valence-electron chi connectivity index (χ0n) is 9.25. The Kier molecular flexibility index (Phi) is 2.97. The van der Waals surface area contributed by atoms with Gasteiger partial charge >= 0.3 is 5.97 Å². The normalized spacial score (nSPS) is 12.4. The van der Waals surface area contributed by atoms with Crippen LogP contribution in [0.1, 0.15) is 33.5 Å². The van der Waals surface area contributed by atoms with E-state index in [0.29, 0.717) is 5.56 Å². The number of carboxylic acids is 1. The fourth-order valence-corrected chi connectivity index (χ4v) is 1.66. The summed E-state index contributed by atoms with van der Waals surface area (Å²) in [6, 6.07) is 10.1. The van der Waals surface area contributed by atoms with Gasteiger partial charge in [0.15, 0.2) is 0 Å². The van der Waals surface area contributed by atoms with Crippen molar-refractivity contribution in [1.82, 2.24) is 0 Å². The first-order valence-corrected chi connectivity index (χ1v) is 5.16. The average molecular weight is 232 g/mol. The number of aliphatic hydroxyl groups is 1. The molecule has 1 heterocycles. The van der Waals surface area contributed by atoms with Gasteiger partial charge in [0.1, 0.15) is 11.9 Å². The van der Waals surface area contributed by atoms with Gasteiger partial charge in [-0.3, -0.25) is 0 Å². The molecule has 0 saturated heterocycles. The second-order valence-corrected chi connectivity index (χ2v) is 3.77. The molecule has 2 N–H and O–H groups in total. The first kappa shape index (κ1) is 11.4. The Balaban J connectivity index is 2.34. The number of carboxylic acid groups (broad SMARTS) is 1. The van der Waals surface area contributed by atoms with Gasteiger partial charge in [0.25, 0.3) is 0 Å². The first-order chi connectivity index (χ1) is 8.09. The van der Waals surface area contributed by atoms with Crippen LogP contribution in [0.15, 0.2) is 40.8 Å². The molecule has 0 radical (unpaired) electrons. The van der Waals surface area contributed by atoms with Crippen molar-refractivity contribution in [3.8, 4) is 0 Å². The van der Waals surface area contributed by atoms with Crippen LogP contribution in [0.3, 0.4) is 0 Å². The molecule has 1 atom stereocenters. The molecular formula is C13H12O4. The molecule has 4 heteroatoms. The zero-order chi connectivity index (χ0) is 12.4. The maximum atomic E-state index is 10.7. The van der Waals surface area contributed by atoms with Gasteiger partial charge in [0.2, 0.25) is 5.76 Å². The lowest BCUT2D eigenvalue weighted by molar-refractivity contribution is 0.0655. The van der Waals surface area contributed by atoms with Crippen LogP contribution in [0.4, 0.5) is 0 Å². The molecular weight excluding hydrogens is 220 g/mol. The summed E-state index contributed by atoms with van der Waals surface area (Å²) < 4.78 is 5.07. The summed E-state index contributed by atoms with van der Waals surface area (Å²) in [6.07, 6.45) is -0.940. The van der Waals surface area contributed by atoms with Gasteiger partial charge in [0.05, 0.1) is 0 Å². The molecule has 0 saturated carbocycles. The third-order valence-electron chi connectivity index (χ3n) is 2.59. The Morgan fingerprint density at radius 3 is 2.53 bits per heavy atom. The van der Waals surface area contributed by atoms with E-state index in [4.69, 9.17) is 9.52 Å². The second-order valence-electron chi connectivity index (χ2n) is 3.77. The first-order valence-electron chi connectivity index (χ1n) is 5.16. The molecule has 1 unspecified atom stereocenters. The van der Waals surface area contributed by atoms with Crippen LogP contribution in [-0.4, -0.2) is 16.2 Å². The smallest absolute Gasteiger partial charge is 0.371 e. The van der Waals surface area contributed by atoms with E-state index in [1.54, 1.807) is 6.07 Å². The van der Waals surface area contributed by atoms with Crippen molar-refractivity contribution in [3.05, 3.63) is 59.0 Å². The maximum absolute atomic E-state index is 10.7. The number of carbonyl (C=O) groups is 1. The lowest BCUT2D eigenvalue weighted by atomic mass is 10.0. The Hall–Kier alpha value is -2.07. The van der Waals surface area contributed by atoms with Crippen molar-refractivity contribution in [1.29, 1.82) is 0 Å². The van der Waals surface area contributed by atoms with Crippen LogP contribution in [-0.2, 0) is 0 Å². The van der Waals surface area contributed by atoms with E-state index >= 15 is 0 Å². The predicted molar refractivity (Wildman–Crippen MR) is 60.9 cm³/mol. The number of aromatic carboxylic acids is 1. The Labute approximate surface area is 98.1 Å². The average Bonchev–Trinajstić information content (AvgIpc) is 2.78. The molecule has 88 valence electrons. The van der Waals surface area contributed by atoms with Crippen molar-refractivity contribution < 1.29 is 19.4 Å². The topological polar surface area (TPSA) is 70.7 Å². The largest absolute Gasteiger partial charge is 0.475 e. The summed E-state index contributed by atoms with van der Waals surface area (Å²) in [5.41, 5.74) is 1.63. The molecule has 0 spiro atoms. The molecule has 0 aliphatic rings. The minimum absolute atomic E-state index is 0.173. The van der Waals surface area contributed by atoms with Crippen LogP contribution in [0.5, 0.6) is 0 Å². The fraction of sp³-hybridized carbons (Fsp3) is 0.154. The standard InChI is InChI=1S/C13H12O4/c1-8-4-2-3-5-9(8)12(14)10-6-7-11(17-10)13(15)16/h2-7,12,14H,1H3,(H,15,16). The van der Waals surface area contributed by atoms with E-state index in [-0.39, 0.29) is 11.5 Å². The summed E-state index contributed by atoms with van der Waals surface area (Å²) in [5.74, 6) is -1.09. The van der Waals surface area contributed by atoms with E-state index in [0.717, 1.165) is 5.56 Å². The van der Waals surface area contributed by atoms with E-state index < -0.39 is 12.1 Å². The van der Waals surface area contributed by atoms with Gasteiger partial charge in [-0.1, -0.05) is 24.3 Å². The van der Waals surface area contributed by atoms with Crippen LogP contribution in [0.2, 0.25) is 0 Å². The monoisotopic (exact) mass is 232 g/mol. The third-order valence-corrected chi connectivity index (χ3v) is 2.59. The van der Waals surface area contributed by atoms with Crippen molar-refractivity contribution in [2.24, 2.45) is 0 Å². The Morgan fingerprint density at radius 1 is 1.24 bits per heavy atom. The van der Waals surface area contributed by atoms with Gasteiger partial charge in [-0.05, 0) is 30.2 Å². The highest BCUT2D eigenvalue weighted by Gasteiger charge is 2.18. The molecule has 0 bridgehead atoms. The van der Waals surface area contributed by atoms with Gasteiger partial charge in [0, 0.05) is 0 Å². The number of furan rings is 1. The van der Waals surface area contributed by atoms with Crippen molar-refractivity contribution in [2.75, 3.05) is 0 Å². The summed E-state index contributed by atoms with van der Waals surface area (Å²) in [7, 11) is 0. The highest BCUT2D eigenvalue weighted by atomic mass is 16.4. The molecule has 17 heavy (non-hydrogen) atoms. The lowest BCUT2D eigenvalue weighted by Gasteiger charge is -2.10. The number of aryl methyl sites for hydroxylation is 1. The van der Waals surface area contributed by atoms with Gasteiger partial charge in [-0.2, -0.15) is 0 Å². The molecule has 0 aliphatic heterocycles. The summed E-state index contributed by atoms with van der Waals surface area (Å²) in [4.78, 5) is 10.7. The van der Waals surface area contributed by atoms with Crippen LogP contribution < -0.4 is 0 Å². The minimum Gasteiger partial charge on any atom is -0.475 e. The number of hydrogen-bond donors (Lipinski definition) is 2. The summed E-state index contributed by atoms with van der Waals surface area (Å²) in [5, 5.41) is 18.8. The Morgan fingerprint density at radius 2 is 1.94 bits per heavy atom. The zero-order valence-corrected chi connectivity index (χ0v) is 9.25. The minimum atomic E-state index is -1.15. The molecule has 0 amide bonds. The van der Waals surface area contributed by atoms with Crippen LogP contribution in [0.25, 0.3) is 0 Å². The molecule has 1 aromatic carbocycles.